The maximum absolute atomic E-state index is 5.90. The van der Waals surface area contributed by atoms with Crippen LogP contribution in [0.15, 0.2) is 4.47 Å². The average Bonchev–Trinajstić information content (AvgIpc) is 2.42. The van der Waals surface area contributed by atoms with E-state index < -0.39 is 0 Å². The maximum Gasteiger partial charge on any atom is 0.144 e. The third-order valence-corrected chi connectivity index (χ3v) is 5.93. The van der Waals surface area contributed by atoms with E-state index in [2.05, 4.69) is 46.7 Å². The van der Waals surface area contributed by atoms with E-state index in [-0.39, 0.29) is 5.60 Å². The molecule has 2 rings (SSSR count). The van der Waals surface area contributed by atoms with E-state index in [0.717, 1.165) is 48.1 Å². The maximum atomic E-state index is 5.90. The third kappa shape index (κ3) is 3.00. The summed E-state index contributed by atoms with van der Waals surface area (Å²) in [7, 11) is 1.78. The number of rotatable bonds is 3. The summed E-state index contributed by atoms with van der Waals surface area (Å²) < 4.78 is 7.42. The highest BCUT2D eigenvalue weighted by Gasteiger charge is 2.41. The van der Waals surface area contributed by atoms with Crippen LogP contribution in [0.4, 0.5) is 0 Å². The van der Waals surface area contributed by atoms with Crippen LogP contribution in [-0.4, -0.2) is 17.1 Å². The van der Waals surface area contributed by atoms with Gasteiger partial charge in [0.15, 0.2) is 0 Å². The van der Waals surface area contributed by atoms with Gasteiger partial charge >= 0.3 is 0 Å². The molecule has 0 aromatic carbocycles. The smallest absolute Gasteiger partial charge is 0.144 e. The molecular weight excluding hydrogens is 336 g/mol. The van der Waals surface area contributed by atoms with Crippen LogP contribution in [0.25, 0.3) is 0 Å². The largest absolute Gasteiger partial charge is 0.370 e. The number of aromatic amines is 1. The SMILES string of the molecule is CCc1[nH]c(C2(OC)CCC(C)(C)CC2)nc(=S)c1Br. The Morgan fingerprint density at radius 3 is 2.40 bits per heavy atom. The Morgan fingerprint density at radius 2 is 1.90 bits per heavy atom. The minimum Gasteiger partial charge on any atom is -0.370 e. The molecule has 1 aliphatic carbocycles. The van der Waals surface area contributed by atoms with Crippen molar-refractivity contribution in [3.05, 3.63) is 20.6 Å². The molecule has 20 heavy (non-hydrogen) atoms. The van der Waals surface area contributed by atoms with E-state index in [1.54, 1.807) is 7.11 Å². The lowest BCUT2D eigenvalue weighted by molar-refractivity contribution is -0.0731. The van der Waals surface area contributed by atoms with E-state index in [1.807, 2.05) is 0 Å². The summed E-state index contributed by atoms with van der Waals surface area (Å²) in [4.78, 5) is 8.03. The van der Waals surface area contributed by atoms with Gasteiger partial charge in [-0.25, -0.2) is 4.98 Å². The highest BCUT2D eigenvalue weighted by Crippen LogP contribution is 2.46. The molecule has 1 fully saturated rings. The number of ether oxygens (including phenoxy) is 1. The first-order chi connectivity index (χ1) is 9.33. The Hall–Kier alpha value is -0.260. The van der Waals surface area contributed by atoms with Gasteiger partial charge in [-0.2, -0.15) is 0 Å². The minimum absolute atomic E-state index is 0.312. The lowest BCUT2D eigenvalue weighted by Crippen LogP contribution is -2.38. The zero-order chi connectivity index (χ0) is 15.0. The molecule has 0 amide bonds. The molecule has 0 radical (unpaired) electrons. The first-order valence-corrected chi connectivity index (χ1v) is 8.38. The van der Waals surface area contributed by atoms with Gasteiger partial charge in [-0.05, 0) is 53.4 Å². The minimum atomic E-state index is -0.312. The van der Waals surface area contributed by atoms with Crippen molar-refractivity contribution < 1.29 is 4.74 Å². The summed E-state index contributed by atoms with van der Waals surface area (Å²) in [5, 5.41) is 0. The fourth-order valence-electron chi connectivity index (χ4n) is 2.83. The Labute approximate surface area is 134 Å². The first kappa shape index (κ1) is 16.1. The van der Waals surface area contributed by atoms with Crippen LogP contribution >= 0.6 is 28.1 Å². The second kappa shape index (κ2) is 5.85. The molecule has 1 aromatic heterocycles. The second-order valence-electron chi connectivity index (χ2n) is 6.40. The first-order valence-electron chi connectivity index (χ1n) is 7.18. The average molecular weight is 359 g/mol. The molecule has 1 heterocycles. The predicted octanol–water partition coefficient (Wildman–Crippen LogP) is 4.91. The van der Waals surface area contributed by atoms with Crippen LogP contribution in [0.5, 0.6) is 0 Å². The number of halogens is 1. The molecule has 0 unspecified atom stereocenters. The second-order valence-corrected chi connectivity index (χ2v) is 7.58. The molecule has 0 spiro atoms. The Bertz CT molecular complexity index is 543. The summed E-state index contributed by atoms with van der Waals surface area (Å²) in [6.45, 7) is 6.75. The molecule has 1 aromatic rings. The molecule has 112 valence electrons. The molecule has 0 aliphatic heterocycles. The van der Waals surface area contributed by atoms with Crippen molar-refractivity contribution in [2.24, 2.45) is 5.41 Å². The summed E-state index contributed by atoms with van der Waals surface area (Å²) in [5.74, 6) is 0.889. The van der Waals surface area contributed by atoms with Gasteiger partial charge in [0.1, 0.15) is 16.1 Å². The fourth-order valence-corrected chi connectivity index (χ4v) is 3.52. The zero-order valence-corrected chi connectivity index (χ0v) is 15.1. The molecule has 3 nitrogen and oxygen atoms in total. The number of methoxy groups -OCH3 is 1. The molecule has 0 bridgehead atoms. The highest BCUT2D eigenvalue weighted by molar-refractivity contribution is 9.10. The van der Waals surface area contributed by atoms with Crippen molar-refractivity contribution in [1.82, 2.24) is 9.97 Å². The number of hydrogen-bond donors (Lipinski definition) is 1. The van der Waals surface area contributed by atoms with Crippen molar-refractivity contribution in [1.29, 1.82) is 0 Å². The summed E-state index contributed by atoms with van der Waals surface area (Å²) in [6, 6.07) is 0. The summed E-state index contributed by atoms with van der Waals surface area (Å²) >= 11 is 8.89. The van der Waals surface area contributed by atoms with Gasteiger partial charge < -0.3 is 9.72 Å². The number of aryl methyl sites for hydroxylation is 1. The number of aromatic nitrogens is 2. The Balaban J connectivity index is 2.43. The van der Waals surface area contributed by atoms with E-state index >= 15 is 0 Å². The van der Waals surface area contributed by atoms with E-state index in [9.17, 15) is 0 Å². The van der Waals surface area contributed by atoms with Crippen LogP contribution in [0.1, 0.15) is 58.0 Å². The normalized spacial score (nSPS) is 20.9. The van der Waals surface area contributed by atoms with Crippen LogP contribution in [0.3, 0.4) is 0 Å². The highest BCUT2D eigenvalue weighted by atomic mass is 79.9. The zero-order valence-electron chi connectivity index (χ0n) is 12.7. The lowest BCUT2D eigenvalue weighted by atomic mass is 9.70. The van der Waals surface area contributed by atoms with E-state index in [1.165, 1.54) is 0 Å². The van der Waals surface area contributed by atoms with Crippen molar-refractivity contribution >= 4 is 28.1 Å². The van der Waals surface area contributed by atoms with Crippen LogP contribution in [0.2, 0.25) is 0 Å². The molecular formula is C15H23BrN2OS. The quantitative estimate of drug-likeness (QED) is 0.780. The summed E-state index contributed by atoms with van der Waals surface area (Å²) in [6.07, 6.45) is 5.14. The molecule has 1 aliphatic rings. The van der Waals surface area contributed by atoms with Gasteiger partial charge in [-0.1, -0.05) is 33.0 Å². The molecule has 5 heteroatoms. The van der Waals surface area contributed by atoms with Gasteiger partial charge in [0.05, 0.1) is 4.47 Å². The monoisotopic (exact) mass is 358 g/mol. The fraction of sp³-hybridized carbons (Fsp3) is 0.733. The predicted molar refractivity (Wildman–Crippen MR) is 87.4 cm³/mol. The van der Waals surface area contributed by atoms with Crippen molar-refractivity contribution in [2.75, 3.05) is 7.11 Å². The van der Waals surface area contributed by atoms with Gasteiger partial charge in [-0.3, -0.25) is 0 Å². The number of hydrogen-bond acceptors (Lipinski definition) is 3. The van der Waals surface area contributed by atoms with Crippen molar-refractivity contribution in [3.63, 3.8) is 0 Å². The van der Waals surface area contributed by atoms with Gasteiger partial charge in [-0.15, -0.1) is 0 Å². The van der Waals surface area contributed by atoms with Gasteiger partial charge in [0.2, 0.25) is 0 Å². The van der Waals surface area contributed by atoms with Gasteiger partial charge in [0.25, 0.3) is 0 Å². The topological polar surface area (TPSA) is 37.9 Å². The molecule has 1 saturated carbocycles. The van der Waals surface area contributed by atoms with Crippen LogP contribution in [0, 0.1) is 10.1 Å². The summed E-state index contributed by atoms with van der Waals surface area (Å²) in [5.41, 5.74) is 1.18. The van der Waals surface area contributed by atoms with Crippen LogP contribution < -0.4 is 0 Å². The van der Waals surface area contributed by atoms with Crippen molar-refractivity contribution in [2.45, 2.75) is 58.5 Å². The Morgan fingerprint density at radius 1 is 1.30 bits per heavy atom. The molecule has 0 saturated heterocycles. The van der Waals surface area contributed by atoms with E-state index in [4.69, 9.17) is 17.0 Å². The third-order valence-electron chi connectivity index (χ3n) is 4.52. The van der Waals surface area contributed by atoms with Crippen molar-refractivity contribution in [3.8, 4) is 0 Å². The lowest BCUT2D eigenvalue weighted by Gasteiger charge is -2.42. The van der Waals surface area contributed by atoms with E-state index in [0.29, 0.717) is 10.1 Å². The van der Waals surface area contributed by atoms with Gasteiger partial charge in [0, 0.05) is 12.8 Å². The standard InChI is InChI=1S/C15H23BrN2OS/c1-5-10-11(16)12(20)18-13(17-10)15(19-4)8-6-14(2,3)7-9-15/h5-9H2,1-4H3,(H,17,18,20). The number of nitrogens with zero attached hydrogens (tertiary/aromatic N) is 1. The van der Waals surface area contributed by atoms with Crippen LogP contribution in [-0.2, 0) is 16.8 Å². The molecule has 1 N–H and O–H groups in total. The molecule has 0 atom stereocenters. The number of H-pyrrole nitrogens is 1. The number of nitrogens with one attached hydrogen (secondary N) is 1. The Kier molecular flexibility index (Phi) is 4.72.